The molecular weight excluding hydrogens is 356 g/mol. The highest BCUT2D eigenvalue weighted by molar-refractivity contribution is 5.87. The third-order valence-electron chi connectivity index (χ3n) is 5.28. The zero-order valence-corrected chi connectivity index (χ0v) is 16.4. The van der Waals surface area contributed by atoms with Crippen molar-refractivity contribution in [2.75, 3.05) is 52.3 Å². The number of hydrogen-bond donors (Lipinski definition) is 0. The Morgan fingerprint density at radius 3 is 2.36 bits per heavy atom. The second-order valence-corrected chi connectivity index (χ2v) is 7.03. The van der Waals surface area contributed by atoms with Crippen LogP contribution in [0.25, 0.3) is 22.1 Å². The Labute approximate surface area is 163 Å². The number of anilines is 1. The summed E-state index contributed by atoms with van der Waals surface area (Å²) in [5.74, 6) is 1.73. The summed E-state index contributed by atoms with van der Waals surface area (Å²) in [7, 11) is 5.30. The SMILES string of the molecule is COc1ccc(-c2cc3ccc(N4CCN(C)CC4)cc3c(=O)o2)cc1OC. The molecule has 2 aromatic carbocycles. The van der Waals surface area contributed by atoms with Crippen LogP contribution in [0.5, 0.6) is 11.5 Å². The van der Waals surface area contributed by atoms with Gasteiger partial charge in [-0.05, 0) is 48.8 Å². The first-order valence-corrected chi connectivity index (χ1v) is 9.33. The van der Waals surface area contributed by atoms with Crippen LogP contribution in [0.2, 0.25) is 0 Å². The molecule has 0 saturated carbocycles. The van der Waals surface area contributed by atoms with Crippen molar-refractivity contribution in [3.63, 3.8) is 0 Å². The van der Waals surface area contributed by atoms with Gasteiger partial charge in [-0.1, -0.05) is 6.07 Å². The van der Waals surface area contributed by atoms with Gasteiger partial charge in [-0.15, -0.1) is 0 Å². The number of methoxy groups -OCH3 is 2. The van der Waals surface area contributed by atoms with Crippen LogP contribution in [0.4, 0.5) is 5.69 Å². The van der Waals surface area contributed by atoms with Crippen molar-refractivity contribution in [3.8, 4) is 22.8 Å². The van der Waals surface area contributed by atoms with Crippen molar-refractivity contribution in [2.24, 2.45) is 0 Å². The first-order chi connectivity index (χ1) is 13.6. The van der Waals surface area contributed by atoms with E-state index >= 15 is 0 Å². The maximum Gasteiger partial charge on any atom is 0.344 e. The highest BCUT2D eigenvalue weighted by atomic mass is 16.5. The number of nitrogens with zero attached hydrogens (tertiary/aromatic N) is 2. The zero-order chi connectivity index (χ0) is 19.7. The van der Waals surface area contributed by atoms with E-state index in [1.807, 2.05) is 30.3 Å². The molecule has 1 aromatic heterocycles. The van der Waals surface area contributed by atoms with Gasteiger partial charge in [0, 0.05) is 37.4 Å². The first kappa shape index (κ1) is 18.4. The maximum atomic E-state index is 12.7. The van der Waals surface area contributed by atoms with E-state index < -0.39 is 0 Å². The summed E-state index contributed by atoms with van der Waals surface area (Å²) in [6.45, 7) is 3.95. The molecule has 0 spiro atoms. The normalized spacial score (nSPS) is 15.0. The van der Waals surface area contributed by atoms with Gasteiger partial charge < -0.3 is 23.7 Å². The van der Waals surface area contributed by atoms with Crippen LogP contribution in [-0.2, 0) is 0 Å². The molecule has 28 heavy (non-hydrogen) atoms. The van der Waals surface area contributed by atoms with Gasteiger partial charge >= 0.3 is 5.63 Å². The summed E-state index contributed by atoms with van der Waals surface area (Å²) in [5, 5.41) is 1.46. The molecule has 6 nitrogen and oxygen atoms in total. The quantitative estimate of drug-likeness (QED) is 0.693. The number of likely N-dealkylation sites (N-methyl/N-ethyl adjacent to an activating group) is 1. The van der Waals surface area contributed by atoms with Crippen LogP contribution < -0.4 is 20.0 Å². The van der Waals surface area contributed by atoms with Crippen molar-refractivity contribution < 1.29 is 13.9 Å². The van der Waals surface area contributed by atoms with E-state index in [0.29, 0.717) is 22.6 Å². The fraction of sp³-hybridized carbons (Fsp3) is 0.318. The van der Waals surface area contributed by atoms with Crippen LogP contribution >= 0.6 is 0 Å². The molecule has 0 bridgehead atoms. The second kappa shape index (κ2) is 7.56. The minimum Gasteiger partial charge on any atom is -0.493 e. The molecular formula is C22H24N2O4. The van der Waals surface area contributed by atoms with Gasteiger partial charge in [-0.2, -0.15) is 0 Å². The summed E-state index contributed by atoms with van der Waals surface area (Å²) in [6.07, 6.45) is 0. The van der Waals surface area contributed by atoms with E-state index in [4.69, 9.17) is 13.9 Å². The van der Waals surface area contributed by atoms with Crippen LogP contribution in [0.3, 0.4) is 0 Å². The monoisotopic (exact) mass is 380 g/mol. The Kier molecular flexibility index (Phi) is 4.96. The maximum absolute atomic E-state index is 12.7. The van der Waals surface area contributed by atoms with Crippen LogP contribution in [0, 0.1) is 0 Å². The van der Waals surface area contributed by atoms with Gasteiger partial charge in [0.1, 0.15) is 5.76 Å². The number of piperazine rings is 1. The molecule has 0 aliphatic carbocycles. The lowest BCUT2D eigenvalue weighted by molar-refractivity contribution is 0.313. The van der Waals surface area contributed by atoms with E-state index in [2.05, 4.69) is 22.9 Å². The molecule has 2 heterocycles. The molecule has 0 atom stereocenters. The van der Waals surface area contributed by atoms with Gasteiger partial charge in [0.25, 0.3) is 0 Å². The average molecular weight is 380 g/mol. The average Bonchev–Trinajstić information content (AvgIpc) is 2.73. The molecule has 6 heteroatoms. The van der Waals surface area contributed by atoms with Crippen LogP contribution in [-0.4, -0.2) is 52.3 Å². The summed E-state index contributed by atoms with van der Waals surface area (Å²) in [4.78, 5) is 17.3. The topological polar surface area (TPSA) is 55.2 Å². The minimum atomic E-state index is -0.335. The van der Waals surface area contributed by atoms with Crippen molar-refractivity contribution in [1.82, 2.24) is 4.90 Å². The number of hydrogen-bond acceptors (Lipinski definition) is 6. The Hall–Kier alpha value is -2.99. The third kappa shape index (κ3) is 3.43. The molecule has 1 aliphatic heterocycles. The Morgan fingerprint density at radius 1 is 0.893 bits per heavy atom. The predicted molar refractivity (Wildman–Crippen MR) is 111 cm³/mol. The molecule has 3 aromatic rings. The lowest BCUT2D eigenvalue weighted by atomic mass is 10.1. The summed E-state index contributed by atoms with van der Waals surface area (Å²) in [5.41, 5.74) is 1.49. The first-order valence-electron chi connectivity index (χ1n) is 9.33. The van der Waals surface area contributed by atoms with Crippen molar-refractivity contribution >= 4 is 16.5 Å². The molecule has 0 radical (unpaired) electrons. The van der Waals surface area contributed by atoms with Crippen molar-refractivity contribution in [2.45, 2.75) is 0 Å². The highest BCUT2D eigenvalue weighted by Gasteiger charge is 2.16. The summed E-state index contributed by atoms with van der Waals surface area (Å²) in [6, 6.07) is 13.4. The Bertz CT molecular complexity index is 1050. The van der Waals surface area contributed by atoms with Crippen LogP contribution in [0.1, 0.15) is 0 Å². The van der Waals surface area contributed by atoms with E-state index in [0.717, 1.165) is 42.8 Å². The Balaban J connectivity index is 1.71. The molecule has 0 amide bonds. The number of rotatable bonds is 4. The van der Waals surface area contributed by atoms with E-state index in [1.165, 1.54) is 0 Å². The molecule has 4 rings (SSSR count). The van der Waals surface area contributed by atoms with Gasteiger partial charge in [0.2, 0.25) is 0 Å². The van der Waals surface area contributed by atoms with Gasteiger partial charge in [0.15, 0.2) is 11.5 Å². The summed E-state index contributed by atoms with van der Waals surface area (Å²) < 4.78 is 16.3. The molecule has 1 aliphatic rings. The molecule has 1 fully saturated rings. The van der Waals surface area contributed by atoms with Gasteiger partial charge in [0.05, 0.1) is 19.6 Å². The number of fused-ring (bicyclic) bond motifs is 1. The largest absolute Gasteiger partial charge is 0.493 e. The van der Waals surface area contributed by atoms with Crippen LogP contribution in [0.15, 0.2) is 51.7 Å². The van der Waals surface area contributed by atoms with Gasteiger partial charge in [-0.25, -0.2) is 4.79 Å². The molecule has 146 valence electrons. The number of ether oxygens (including phenoxy) is 2. The van der Waals surface area contributed by atoms with E-state index in [9.17, 15) is 4.79 Å². The molecule has 1 saturated heterocycles. The smallest absolute Gasteiger partial charge is 0.344 e. The standard InChI is InChI=1S/C22H24N2O4/c1-23-8-10-24(11-9-23)17-6-4-15-12-20(28-22(25)18(15)14-17)16-5-7-19(26-2)21(13-16)27-3/h4-7,12-14H,8-11H2,1-3H3. The van der Waals surface area contributed by atoms with E-state index in [-0.39, 0.29) is 5.63 Å². The zero-order valence-electron chi connectivity index (χ0n) is 16.4. The number of benzene rings is 2. The van der Waals surface area contributed by atoms with Crippen molar-refractivity contribution in [1.29, 1.82) is 0 Å². The van der Waals surface area contributed by atoms with E-state index in [1.54, 1.807) is 20.3 Å². The van der Waals surface area contributed by atoms with Crippen molar-refractivity contribution in [3.05, 3.63) is 52.9 Å². The lowest BCUT2D eigenvalue weighted by Gasteiger charge is -2.34. The summed E-state index contributed by atoms with van der Waals surface area (Å²) >= 11 is 0. The highest BCUT2D eigenvalue weighted by Crippen LogP contribution is 2.33. The molecule has 0 unspecified atom stereocenters. The predicted octanol–water partition coefficient (Wildman–Crippen LogP) is 3.23. The second-order valence-electron chi connectivity index (χ2n) is 7.03. The third-order valence-corrected chi connectivity index (χ3v) is 5.28. The fourth-order valence-corrected chi connectivity index (χ4v) is 3.57. The Morgan fingerprint density at radius 2 is 1.64 bits per heavy atom. The lowest BCUT2D eigenvalue weighted by Crippen LogP contribution is -2.44. The molecule has 0 N–H and O–H groups in total. The fourth-order valence-electron chi connectivity index (χ4n) is 3.57. The minimum absolute atomic E-state index is 0.335. The van der Waals surface area contributed by atoms with Gasteiger partial charge in [-0.3, -0.25) is 0 Å².